The van der Waals surface area contributed by atoms with E-state index >= 15 is 0 Å². The molecule has 27 heavy (non-hydrogen) atoms. The number of esters is 1. The molecular formula is C23H28O4. The van der Waals surface area contributed by atoms with E-state index in [1.807, 2.05) is 25.1 Å². The van der Waals surface area contributed by atoms with E-state index in [1.165, 1.54) is 12.5 Å². The highest BCUT2D eigenvalue weighted by molar-refractivity contribution is 5.66. The Kier molecular flexibility index (Phi) is 5.45. The first-order valence-corrected chi connectivity index (χ1v) is 9.42. The van der Waals surface area contributed by atoms with E-state index in [9.17, 15) is 4.79 Å². The SMILES string of the molecule is CC(=O)OCC1(C)CCc2c(C)c(OCc3ccccc3)c(C)c(C)c2O1. The maximum absolute atomic E-state index is 11.2. The average Bonchev–Trinajstić information content (AvgIpc) is 2.65. The van der Waals surface area contributed by atoms with Crippen molar-refractivity contribution in [3.05, 3.63) is 58.1 Å². The van der Waals surface area contributed by atoms with Crippen molar-refractivity contribution in [2.24, 2.45) is 0 Å². The van der Waals surface area contributed by atoms with Crippen molar-refractivity contribution in [2.45, 2.75) is 59.7 Å². The van der Waals surface area contributed by atoms with E-state index < -0.39 is 5.60 Å². The molecule has 1 atom stereocenters. The second kappa shape index (κ2) is 7.63. The Morgan fingerprint density at radius 2 is 1.81 bits per heavy atom. The average molecular weight is 368 g/mol. The van der Waals surface area contributed by atoms with Gasteiger partial charge in [-0.3, -0.25) is 4.79 Å². The number of carbonyl (C=O) groups excluding carboxylic acids is 1. The number of hydrogen-bond acceptors (Lipinski definition) is 4. The summed E-state index contributed by atoms with van der Waals surface area (Å²) in [6.07, 6.45) is 1.68. The van der Waals surface area contributed by atoms with E-state index in [-0.39, 0.29) is 12.6 Å². The summed E-state index contributed by atoms with van der Waals surface area (Å²) in [5.41, 5.74) is 5.18. The Morgan fingerprint density at radius 1 is 1.11 bits per heavy atom. The number of benzene rings is 2. The second-order valence-corrected chi connectivity index (χ2v) is 7.62. The largest absolute Gasteiger partial charge is 0.488 e. The summed E-state index contributed by atoms with van der Waals surface area (Å²) in [6, 6.07) is 10.2. The van der Waals surface area contributed by atoms with Crippen LogP contribution in [0.3, 0.4) is 0 Å². The van der Waals surface area contributed by atoms with Gasteiger partial charge < -0.3 is 14.2 Å². The quantitative estimate of drug-likeness (QED) is 0.709. The third-order valence-corrected chi connectivity index (χ3v) is 5.37. The second-order valence-electron chi connectivity index (χ2n) is 7.62. The van der Waals surface area contributed by atoms with Crippen LogP contribution in [0.5, 0.6) is 11.5 Å². The van der Waals surface area contributed by atoms with Crippen LogP contribution in [0, 0.1) is 20.8 Å². The van der Waals surface area contributed by atoms with Crippen molar-refractivity contribution in [3.63, 3.8) is 0 Å². The Morgan fingerprint density at radius 3 is 2.48 bits per heavy atom. The maximum atomic E-state index is 11.2. The highest BCUT2D eigenvalue weighted by Crippen LogP contribution is 2.44. The van der Waals surface area contributed by atoms with Crippen LogP contribution < -0.4 is 9.47 Å². The minimum absolute atomic E-state index is 0.269. The Bertz CT molecular complexity index is 841. The molecule has 4 heteroatoms. The fourth-order valence-corrected chi connectivity index (χ4v) is 3.58. The summed E-state index contributed by atoms with van der Waals surface area (Å²) in [7, 11) is 0. The van der Waals surface area contributed by atoms with E-state index in [0.717, 1.165) is 46.6 Å². The summed E-state index contributed by atoms with van der Waals surface area (Å²) < 4.78 is 17.8. The smallest absolute Gasteiger partial charge is 0.302 e. The molecule has 0 bridgehead atoms. The molecule has 2 aromatic carbocycles. The standard InChI is InChI=1S/C23H28O4/c1-15-16(2)22-20(11-12-23(5,27-22)14-26-18(4)24)17(3)21(15)25-13-19-9-7-6-8-10-19/h6-10H,11-14H2,1-5H3. The van der Waals surface area contributed by atoms with Gasteiger partial charge in [-0.15, -0.1) is 0 Å². The van der Waals surface area contributed by atoms with Crippen LogP contribution in [0.4, 0.5) is 0 Å². The molecule has 0 amide bonds. The fraction of sp³-hybridized carbons (Fsp3) is 0.435. The van der Waals surface area contributed by atoms with E-state index in [1.54, 1.807) is 0 Å². The third-order valence-electron chi connectivity index (χ3n) is 5.37. The van der Waals surface area contributed by atoms with Gasteiger partial charge in [-0.1, -0.05) is 30.3 Å². The molecule has 2 aromatic rings. The molecular weight excluding hydrogens is 340 g/mol. The van der Waals surface area contributed by atoms with Gasteiger partial charge in [0, 0.05) is 12.5 Å². The van der Waals surface area contributed by atoms with Crippen molar-refractivity contribution >= 4 is 5.97 Å². The van der Waals surface area contributed by atoms with E-state index in [0.29, 0.717) is 6.61 Å². The Balaban J connectivity index is 1.87. The van der Waals surface area contributed by atoms with Crippen molar-refractivity contribution < 1.29 is 19.0 Å². The van der Waals surface area contributed by atoms with Crippen molar-refractivity contribution in [2.75, 3.05) is 6.61 Å². The number of ether oxygens (including phenoxy) is 3. The summed E-state index contributed by atoms with van der Waals surface area (Å²) in [4.78, 5) is 11.2. The maximum Gasteiger partial charge on any atom is 0.302 e. The summed E-state index contributed by atoms with van der Waals surface area (Å²) in [6.45, 7) is 10.5. The predicted octanol–water partition coefficient (Wildman–Crippen LogP) is 4.84. The number of rotatable bonds is 5. The highest BCUT2D eigenvalue weighted by Gasteiger charge is 2.35. The highest BCUT2D eigenvalue weighted by atomic mass is 16.6. The number of fused-ring (bicyclic) bond motifs is 1. The normalized spacial score (nSPS) is 18.4. The Labute approximate surface area is 161 Å². The molecule has 1 unspecified atom stereocenters. The monoisotopic (exact) mass is 368 g/mol. The first-order chi connectivity index (χ1) is 12.8. The van der Waals surface area contributed by atoms with Gasteiger partial charge in [0.2, 0.25) is 0 Å². The molecule has 0 aliphatic carbocycles. The first-order valence-electron chi connectivity index (χ1n) is 9.42. The van der Waals surface area contributed by atoms with Crippen LogP contribution in [0.15, 0.2) is 30.3 Å². The van der Waals surface area contributed by atoms with Crippen LogP contribution in [-0.2, 0) is 22.6 Å². The molecule has 0 saturated carbocycles. The van der Waals surface area contributed by atoms with Gasteiger partial charge in [0.15, 0.2) is 0 Å². The summed E-state index contributed by atoms with van der Waals surface area (Å²) in [5, 5.41) is 0. The molecule has 3 rings (SSSR count). The van der Waals surface area contributed by atoms with Gasteiger partial charge in [0.1, 0.15) is 30.3 Å². The molecule has 0 fully saturated rings. The molecule has 144 valence electrons. The number of hydrogen-bond donors (Lipinski definition) is 0. The lowest BCUT2D eigenvalue weighted by atomic mass is 9.87. The lowest BCUT2D eigenvalue weighted by Crippen LogP contribution is -2.42. The number of carbonyl (C=O) groups is 1. The van der Waals surface area contributed by atoms with Crippen LogP contribution in [0.25, 0.3) is 0 Å². The molecule has 0 saturated heterocycles. The van der Waals surface area contributed by atoms with Gasteiger partial charge in [-0.2, -0.15) is 0 Å². The summed E-state index contributed by atoms with van der Waals surface area (Å²) in [5.74, 6) is 1.58. The summed E-state index contributed by atoms with van der Waals surface area (Å²) >= 11 is 0. The van der Waals surface area contributed by atoms with Crippen molar-refractivity contribution in [1.82, 2.24) is 0 Å². The zero-order valence-corrected chi connectivity index (χ0v) is 16.8. The molecule has 0 radical (unpaired) electrons. The zero-order chi connectivity index (χ0) is 19.6. The van der Waals surface area contributed by atoms with Crippen molar-refractivity contribution in [3.8, 4) is 11.5 Å². The molecule has 1 aliphatic rings. The fourth-order valence-electron chi connectivity index (χ4n) is 3.58. The van der Waals surface area contributed by atoms with Gasteiger partial charge in [0.25, 0.3) is 0 Å². The van der Waals surface area contributed by atoms with Crippen LogP contribution >= 0.6 is 0 Å². The van der Waals surface area contributed by atoms with Crippen molar-refractivity contribution in [1.29, 1.82) is 0 Å². The van der Waals surface area contributed by atoms with E-state index in [2.05, 4.69) is 32.9 Å². The topological polar surface area (TPSA) is 44.8 Å². The minimum Gasteiger partial charge on any atom is -0.488 e. The minimum atomic E-state index is -0.491. The van der Waals surface area contributed by atoms with E-state index in [4.69, 9.17) is 14.2 Å². The lowest BCUT2D eigenvalue weighted by Gasteiger charge is -2.37. The molecule has 4 nitrogen and oxygen atoms in total. The van der Waals surface area contributed by atoms with Gasteiger partial charge >= 0.3 is 5.97 Å². The predicted molar refractivity (Wildman–Crippen MR) is 105 cm³/mol. The Hall–Kier alpha value is -2.49. The first kappa shape index (κ1) is 19.3. The molecule has 0 N–H and O–H groups in total. The third kappa shape index (κ3) is 4.10. The lowest BCUT2D eigenvalue weighted by molar-refractivity contribution is -0.147. The van der Waals surface area contributed by atoms with Crippen LogP contribution in [-0.4, -0.2) is 18.2 Å². The van der Waals surface area contributed by atoms with Gasteiger partial charge in [-0.25, -0.2) is 0 Å². The van der Waals surface area contributed by atoms with Crippen LogP contribution in [0.1, 0.15) is 48.1 Å². The zero-order valence-electron chi connectivity index (χ0n) is 16.8. The van der Waals surface area contributed by atoms with Gasteiger partial charge in [0.05, 0.1) is 0 Å². The molecule has 0 spiro atoms. The van der Waals surface area contributed by atoms with Gasteiger partial charge in [-0.05, 0) is 62.8 Å². The molecule has 0 aromatic heterocycles. The molecule has 1 heterocycles. The molecule has 1 aliphatic heterocycles. The van der Waals surface area contributed by atoms with Crippen LogP contribution in [0.2, 0.25) is 0 Å².